The molecule has 0 saturated heterocycles. The van der Waals surface area contributed by atoms with Crippen LogP contribution in [0.4, 0.5) is 5.69 Å². The first-order valence-corrected chi connectivity index (χ1v) is 8.47. The second-order valence-electron chi connectivity index (χ2n) is 5.60. The van der Waals surface area contributed by atoms with E-state index in [1.165, 1.54) is 24.3 Å². The Labute approximate surface area is 157 Å². The zero-order valence-corrected chi connectivity index (χ0v) is 15.2. The van der Waals surface area contributed by atoms with Crippen molar-refractivity contribution in [2.24, 2.45) is 0 Å². The Balaban J connectivity index is 1.71. The number of nitrogens with zero attached hydrogens (tertiary/aromatic N) is 1. The summed E-state index contributed by atoms with van der Waals surface area (Å²) in [6, 6.07) is 13.6. The van der Waals surface area contributed by atoms with Crippen molar-refractivity contribution in [2.45, 2.75) is 12.5 Å². The first-order valence-electron chi connectivity index (χ1n) is 8.06. The van der Waals surface area contributed by atoms with E-state index in [0.717, 1.165) is 17.7 Å². The number of hydrogen-bond donors (Lipinski definition) is 3. The molecule has 138 valence electrons. The summed E-state index contributed by atoms with van der Waals surface area (Å²) in [6.45, 7) is 0.873. The van der Waals surface area contributed by atoms with Gasteiger partial charge in [0, 0.05) is 25.2 Å². The van der Waals surface area contributed by atoms with Gasteiger partial charge in [-0.25, -0.2) is 0 Å². The van der Waals surface area contributed by atoms with Crippen LogP contribution in [-0.4, -0.2) is 35.3 Å². The van der Waals surface area contributed by atoms with Crippen molar-refractivity contribution >= 4 is 23.0 Å². The first-order chi connectivity index (χ1) is 12.5. The summed E-state index contributed by atoms with van der Waals surface area (Å²) in [7, 11) is 1.63. The van der Waals surface area contributed by atoms with Gasteiger partial charge < -0.3 is 20.5 Å². The third kappa shape index (κ3) is 5.98. The summed E-state index contributed by atoms with van der Waals surface area (Å²) < 4.78 is 5.12. The summed E-state index contributed by atoms with van der Waals surface area (Å²) >= 11 is 5.19. The Kier molecular flexibility index (Phi) is 7.31. The van der Waals surface area contributed by atoms with Crippen molar-refractivity contribution < 1.29 is 14.8 Å². The van der Waals surface area contributed by atoms with Gasteiger partial charge in [0.15, 0.2) is 5.11 Å². The van der Waals surface area contributed by atoms with Crippen LogP contribution in [0.15, 0.2) is 48.5 Å². The number of rotatable bonds is 8. The quantitative estimate of drug-likeness (QED) is 0.370. The van der Waals surface area contributed by atoms with Crippen molar-refractivity contribution in [2.75, 3.05) is 20.2 Å². The summed E-state index contributed by atoms with van der Waals surface area (Å²) in [6.07, 6.45) is -0.00590. The predicted molar refractivity (Wildman–Crippen MR) is 103 cm³/mol. The maximum absolute atomic E-state index is 10.6. The lowest BCUT2D eigenvalue weighted by Gasteiger charge is -2.15. The molecular weight excluding hydrogens is 354 g/mol. The van der Waals surface area contributed by atoms with Gasteiger partial charge in [-0.2, -0.15) is 0 Å². The van der Waals surface area contributed by atoms with Gasteiger partial charge >= 0.3 is 0 Å². The third-order valence-electron chi connectivity index (χ3n) is 3.80. The highest BCUT2D eigenvalue weighted by molar-refractivity contribution is 7.80. The summed E-state index contributed by atoms with van der Waals surface area (Å²) in [5.74, 6) is 0.819. The van der Waals surface area contributed by atoms with Gasteiger partial charge in [0.25, 0.3) is 5.69 Å². The lowest BCUT2D eigenvalue weighted by Crippen LogP contribution is -2.38. The lowest BCUT2D eigenvalue weighted by atomic mass is 10.1. The Morgan fingerprint density at radius 3 is 2.42 bits per heavy atom. The van der Waals surface area contributed by atoms with Crippen LogP contribution in [0.25, 0.3) is 0 Å². The van der Waals surface area contributed by atoms with E-state index in [1.807, 2.05) is 24.3 Å². The van der Waals surface area contributed by atoms with Crippen molar-refractivity contribution in [3.05, 3.63) is 69.8 Å². The number of aliphatic hydroxyl groups excluding tert-OH is 1. The van der Waals surface area contributed by atoms with Crippen LogP contribution in [0.3, 0.4) is 0 Å². The van der Waals surface area contributed by atoms with Gasteiger partial charge in [0.05, 0.1) is 18.1 Å². The highest BCUT2D eigenvalue weighted by Gasteiger charge is 2.10. The fourth-order valence-corrected chi connectivity index (χ4v) is 2.49. The minimum atomic E-state index is -0.808. The maximum atomic E-state index is 10.6. The second kappa shape index (κ2) is 9.69. The molecule has 0 radical (unpaired) electrons. The van der Waals surface area contributed by atoms with Gasteiger partial charge in [-0.1, -0.05) is 12.1 Å². The smallest absolute Gasteiger partial charge is 0.269 e. The molecule has 2 rings (SSSR count). The van der Waals surface area contributed by atoms with Gasteiger partial charge in [-0.3, -0.25) is 10.1 Å². The van der Waals surface area contributed by atoms with Crippen LogP contribution < -0.4 is 15.4 Å². The highest BCUT2D eigenvalue weighted by atomic mass is 32.1. The zero-order chi connectivity index (χ0) is 18.9. The molecule has 0 aliphatic heterocycles. The van der Waals surface area contributed by atoms with Gasteiger partial charge in [0.1, 0.15) is 5.75 Å². The van der Waals surface area contributed by atoms with Gasteiger partial charge in [-0.15, -0.1) is 0 Å². The molecule has 0 amide bonds. The van der Waals surface area contributed by atoms with E-state index >= 15 is 0 Å². The largest absolute Gasteiger partial charge is 0.497 e. The fraction of sp³-hybridized carbons (Fsp3) is 0.278. The molecule has 1 atom stereocenters. The Hall–Kier alpha value is -2.71. The van der Waals surface area contributed by atoms with Gasteiger partial charge in [0.2, 0.25) is 0 Å². The van der Waals surface area contributed by atoms with E-state index < -0.39 is 11.0 Å². The Morgan fingerprint density at radius 1 is 1.19 bits per heavy atom. The summed E-state index contributed by atoms with van der Waals surface area (Å²) in [4.78, 5) is 10.2. The van der Waals surface area contributed by atoms with Gasteiger partial charge in [-0.05, 0) is 54.0 Å². The number of benzene rings is 2. The average Bonchev–Trinajstić information content (AvgIpc) is 2.66. The molecule has 0 heterocycles. The number of methoxy groups -OCH3 is 1. The Bertz CT molecular complexity index is 735. The normalized spacial score (nSPS) is 11.5. The molecule has 0 spiro atoms. The second-order valence-corrected chi connectivity index (χ2v) is 6.01. The third-order valence-corrected chi connectivity index (χ3v) is 4.09. The van der Waals surface area contributed by atoms with E-state index in [-0.39, 0.29) is 12.2 Å². The van der Waals surface area contributed by atoms with Crippen LogP contribution >= 0.6 is 12.2 Å². The molecule has 0 aliphatic rings. The number of nitro benzene ring substituents is 1. The van der Waals surface area contributed by atoms with Crippen LogP contribution in [0.2, 0.25) is 0 Å². The molecule has 7 nitrogen and oxygen atoms in total. The maximum Gasteiger partial charge on any atom is 0.269 e. The zero-order valence-electron chi connectivity index (χ0n) is 14.3. The van der Waals surface area contributed by atoms with E-state index in [2.05, 4.69) is 10.6 Å². The fourth-order valence-electron chi connectivity index (χ4n) is 2.30. The molecular formula is C18H21N3O4S. The molecule has 8 heteroatoms. The van der Waals surface area contributed by atoms with Crippen molar-refractivity contribution in [1.29, 1.82) is 0 Å². The molecule has 3 N–H and O–H groups in total. The number of thiocarbonyl (C=S) groups is 1. The molecule has 2 aromatic rings. The van der Waals surface area contributed by atoms with Crippen LogP contribution in [0.5, 0.6) is 5.75 Å². The van der Waals surface area contributed by atoms with E-state index in [4.69, 9.17) is 17.0 Å². The molecule has 1 unspecified atom stereocenters. The molecule has 0 aliphatic carbocycles. The van der Waals surface area contributed by atoms with Crippen molar-refractivity contribution in [3.8, 4) is 5.75 Å². The molecule has 0 aromatic heterocycles. The highest BCUT2D eigenvalue weighted by Crippen LogP contribution is 2.17. The summed E-state index contributed by atoms with van der Waals surface area (Å²) in [5, 5.41) is 27.2. The van der Waals surface area contributed by atoms with E-state index in [1.54, 1.807) is 7.11 Å². The van der Waals surface area contributed by atoms with Crippen molar-refractivity contribution in [1.82, 2.24) is 10.6 Å². The average molecular weight is 375 g/mol. The van der Waals surface area contributed by atoms with Crippen LogP contribution in [-0.2, 0) is 6.42 Å². The van der Waals surface area contributed by atoms with Crippen LogP contribution in [0, 0.1) is 10.1 Å². The number of nitrogens with one attached hydrogen (secondary N) is 2. The number of hydrogen-bond acceptors (Lipinski definition) is 5. The Morgan fingerprint density at radius 2 is 1.85 bits per heavy atom. The molecule has 0 bridgehead atoms. The van der Waals surface area contributed by atoms with E-state index in [9.17, 15) is 15.2 Å². The topological polar surface area (TPSA) is 96.7 Å². The standard InChI is InChI=1S/C18H21N3O4S/c1-25-16-8-2-13(3-9-16)10-11-19-18(26)20-12-17(22)14-4-6-15(7-5-14)21(23)24/h2-9,17,22H,10-12H2,1H3,(H2,19,20,26). The van der Waals surface area contributed by atoms with E-state index in [0.29, 0.717) is 17.2 Å². The predicted octanol–water partition coefficient (Wildman–Crippen LogP) is 2.34. The molecule has 26 heavy (non-hydrogen) atoms. The SMILES string of the molecule is COc1ccc(CCNC(=S)NCC(O)c2ccc([N+](=O)[O-])cc2)cc1. The van der Waals surface area contributed by atoms with Crippen molar-refractivity contribution in [3.63, 3.8) is 0 Å². The number of aliphatic hydroxyl groups is 1. The minimum Gasteiger partial charge on any atom is -0.497 e. The molecule has 2 aromatic carbocycles. The molecule has 0 fully saturated rings. The van der Waals surface area contributed by atoms with Crippen LogP contribution in [0.1, 0.15) is 17.2 Å². The number of non-ortho nitro benzene ring substituents is 1. The lowest BCUT2D eigenvalue weighted by molar-refractivity contribution is -0.384. The first kappa shape index (κ1) is 19.6. The monoisotopic (exact) mass is 375 g/mol. The number of ether oxygens (including phenoxy) is 1. The molecule has 0 saturated carbocycles. The summed E-state index contributed by atoms with van der Waals surface area (Å²) in [5.41, 5.74) is 1.74. The minimum absolute atomic E-state index is 0.00960. The number of nitro groups is 1.